The fourth-order valence-electron chi connectivity index (χ4n) is 2.92. The van der Waals surface area contributed by atoms with Crippen LogP contribution in [0.3, 0.4) is 0 Å². The molecule has 6 heteroatoms. The summed E-state index contributed by atoms with van der Waals surface area (Å²) in [6.45, 7) is 6.42. The smallest absolute Gasteiger partial charge is 0.251 e. The second-order valence-corrected chi connectivity index (χ2v) is 6.38. The SMILES string of the molecule is O=C(NCCCN1CCNCC1)c1cccc(OCc2cccnc2)c1. The highest BCUT2D eigenvalue weighted by Crippen LogP contribution is 2.15. The number of pyridine rings is 1. The molecule has 1 aromatic carbocycles. The fourth-order valence-corrected chi connectivity index (χ4v) is 2.92. The molecule has 1 saturated heterocycles. The number of benzene rings is 1. The summed E-state index contributed by atoms with van der Waals surface area (Å²) in [5.74, 6) is 0.624. The minimum absolute atomic E-state index is 0.0582. The first-order valence-electron chi connectivity index (χ1n) is 9.14. The molecule has 1 aliphatic heterocycles. The standard InChI is InChI=1S/C20H26N4O2/c25-20(23-8-3-11-24-12-9-21-10-13-24)18-5-1-6-19(14-18)26-16-17-4-2-7-22-15-17/h1-2,4-7,14-15,21H,3,8-13,16H2,(H,23,25). The van der Waals surface area contributed by atoms with Crippen molar-refractivity contribution in [3.8, 4) is 5.75 Å². The van der Waals surface area contributed by atoms with Crippen molar-refractivity contribution in [1.29, 1.82) is 0 Å². The average molecular weight is 354 g/mol. The maximum atomic E-state index is 12.3. The van der Waals surface area contributed by atoms with Crippen molar-refractivity contribution in [2.24, 2.45) is 0 Å². The van der Waals surface area contributed by atoms with Crippen molar-refractivity contribution in [2.75, 3.05) is 39.3 Å². The Morgan fingerprint density at radius 1 is 1.23 bits per heavy atom. The molecule has 2 N–H and O–H groups in total. The lowest BCUT2D eigenvalue weighted by Crippen LogP contribution is -2.44. The van der Waals surface area contributed by atoms with Crippen LogP contribution in [0.15, 0.2) is 48.8 Å². The van der Waals surface area contributed by atoms with Crippen LogP contribution in [-0.4, -0.2) is 55.1 Å². The minimum atomic E-state index is -0.0582. The Labute approximate surface area is 154 Å². The van der Waals surface area contributed by atoms with Gasteiger partial charge in [0, 0.05) is 56.2 Å². The van der Waals surface area contributed by atoms with Gasteiger partial charge in [0.2, 0.25) is 0 Å². The van der Waals surface area contributed by atoms with Crippen molar-refractivity contribution in [2.45, 2.75) is 13.0 Å². The number of hydrogen-bond acceptors (Lipinski definition) is 5. The van der Waals surface area contributed by atoms with Crippen LogP contribution in [0.4, 0.5) is 0 Å². The highest BCUT2D eigenvalue weighted by atomic mass is 16.5. The van der Waals surface area contributed by atoms with Crippen molar-refractivity contribution < 1.29 is 9.53 Å². The molecule has 0 atom stereocenters. The number of hydrogen-bond donors (Lipinski definition) is 2. The van der Waals surface area contributed by atoms with Crippen molar-refractivity contribution >= 4 is 5.91 Å². The molecule has 2 heterocycles. The van der Waals surface area contributed by atoms with Crippen molar-refractivity contribution in [1.82, 2.24) is 20.5 Å². The first kappa shape index (κ1) is 18.4. The summed E-state index contributed by atoms with van der Waals surface area (Å²) >= 11 is 0. The zero-order valence-corrected chi connectivity index (χ0v) is 15.0. The summed E-state index contributed by atoms with van der Waals surface area (Å²) in [6, 6.07) is 11.1. The second-order valence-electron chi connectivity index (χ2n) is 6.38. The molecule has 0 spiro atoms. The van der Waals surface area contributed by atoms with E-state index in [0.29, 0.717) is 24.5 Å². The van der Waals surface area contributed by atoms with Gasteiger partial charge in [-0.3, -0.25) is 9.78 Å². The highest BCUT2D eigenvalue weighted by Gasteiger charge is 2.10. The first-order valence-corrected chi connectivity index (χ1v) is 9.14. The molecule has 6 nitrogen and oxygen atoms in total. The summed E-state index contributed by atoms with van der Waals surface area (Å²) < 4.78 is 5.76. The van der Waals surface area contributed by atoms with Gasteiger partial charge in [-0.1, -0.05) is 12.1 Å². The Kier molecular flexibility index (Phi) is 6.98. The van der Waals surface area contributed by atoms with Crippen LogP contribution in [-0.2, 0) is 6.61 Å². The number of ether oxygens (including phenoxy) is 1. The van der Waals surface area contributed by atoms with Gasteiger partial charge in [-0.25, -0.2) is 0 Å². The van der Waals surface area contributed by atoms with Crippen LogP contribution in [0.1, 0.15) is 22.3 Å². The van der Waals surface area contributed by atoms with Gasteiger partial charge in [0.1, 0.15) is 12.4 Å². The van der Waals surface area contributed by atoms with E-state index in [-0.39, 0.29) is 5.91 Å². The molecule has 0 unspecified atom stereocenters. The van der Waals surface area contributed by atoms with Crippen LogP contribution in [0, 0.1) is 0 Å². The van der Waals surface area contributed by atoms with Gasteiger partial charge < -0.3 is 20.3 Å². The molecule has 0 aliphatic carbocycles. The maximum absolute atomic E-state index is 12.3. The third kappa shape index (κ3) is 5.82. The van der Waals surface area contributed by atoms with Crippen LogP contribution in [0.2, 0.25) is 0 Å². The van der Waals surface area contributed by atoms with E-state index in [1.165, 1.54) is 0 Å². The van der Waals surface area contributed by atoms with E-state index in [9.17, 15) is 4.79 Å². The van der Waals surface area contributed by atoms with E-state index in [2.05, 4.69) is 20.5 Å². The first-order chi connectivity index (χ1) is 12.8. The fraction of sp³-hybridized carbons (Fsp3) is 0.400. The number of aromatic nitrogens is 1. The Hall–Kier alpha value is -2.44. The van der Waals surface area contributed by atoms with Crippen molar-refractivity contribution in [3.05, 3.63) is 59.9 Å². The summed E-state index contributed by atoms with van der Waals surface area (Å²) in [5, 5.41) is 6.34. The monoisotopic (exact) mass is 354 g/mol. The van der Waals surface area contributed by atoms with E-state index in [0.717, 1.165) is 44.7 Å². The zero-order valence-electron chi connectivity index (χ0n) is 15.0. The topological polar surface area (TPSA) is 66.5 Å². The van der Waals surface area contributed by atoms with Gasteiger partial charge in [-0.15, -0.1) is 0 Å². The Balaban J connectivity index is 1.42. The van der Waals surface area contributed by atoms with Gasteiger partial charge in [-0.05, 0) is 37.2 Å². The molecule has 1 aromatic heterocycles. The minimum Gasteiger partial charge on any atom is -0.489 e. The van der Waals surface area contributed by atoms with E-state index >= 15 is 0 Å². The van der Waals surface area contributed by atoms with Gasteiger partial charge in [0.15, 0.2) is 0 Å². The Morgan fingerprint density at radius 2 is 2.12 bits per heavy atom. The number of carbonyl (C=O) groups excluding carboxylic acids is 1. The third-order valence-corrected chi connectivity index (χ3v) is 4.37. The van der Waals surface area contributed by atoms with E-state index in [1.807, 2.05) is 30.3 Å². The van der Waals surface area contributed by atoms with Gasteiger partial charge in [0.05, 0.1) is 0 Å². The van der Waals surface area contributed by atoms with Crippen LogP contribution in [0.25, 0.3) is 0 Å². The lowest BCUT2D eigenvalue weighted by molar-refractivity contribution is 0.0950. The van der Waals surface area contributed by atoms with Gasteiger partial charge >= 0.3 is 0 Å². The lowest BCUT2D eigenvalue weighted by atomic mass is 10.2. The van der Waals surface area contributed by atoms with E-state index in [4.69, 9.17) is 4.74 Å². The number of rotatable bonds is 8. The predicted molar refractivity (Wildman–Crippen MR) is 101 cm³/mol. The summed E-state index contributed by atoms with van der Waals surface area (Å²) in [6.07, 6.45) is 4.47. The van der Waals surface area contributed by atoms with Crippen molar-refractivity contribution in [3.63, 3.8) is 0 Å². The number of carbonyl (C=O) groups is 1. The molecule has 0 radical (unpaired) electrons. The van der Waals surface area contributed by atoms with E-state index < -0.39 is 0 Å². The molecule has 0 bridgehead atoms. The molecule has 0 saturated carbocycles. The number of amides is 1. The molecule has 3 rings (SSSR count). The van der Waals surface area contributed by atoms with E-state index in [1.54, 1.807) is 18.5 Å². The van der Waals surface area contributed by atoms with Gasteiger partial charge in [-0.2, -0.15) is 0 Å². The molecule has 1 amide bonds. The molecule has 2 aromatic rings. The third-order valence-electron chi connectivity index (χ3n) is 4.37. The molecule has 1 fully saturated rings. The van der Waals surface area contributed by atoms with Crippen LogP contribution < -0.4 is 15.4 Å². The largest absolute Gasteiger partial charge is 0.489 e. The number of nitrogens with zero attached hydrogens (tertiary/aromatic N) is 2. The quantitative estimate of drug-likeness (QED) is 0.706. The number of piperazine rings is 1. The average Bonchev–Trinajstić information content (AvgIpc) is 2.71. The van der Waals surface area contributed by atoms with Crippen LogP contribution >= 0.6 is 0 Å². The molecular weight excluding hydrogens is 328 g/mol. The normalized spacial score (nSPS) is 14.8. The maximum Gasteiger partial charge on any atom is 0.251 e. The molecular formula is C20H26N4O2. The highest BCUT2D eigenvalue weighted by molar-refractivity contribution is 5.94. The Bertz CT molecular complexity index is 687. The van der Waals surface area contributed by atoms with Crippen LogP contribution in [0.5, 0.6) is 5.75 Å². The predicted octanol–water partition coefficient (Wildman–Crippen LogP) is 1.69. The molecule has 138 valence electrons. The second kappa shape index (κ2) is 9.89. The summed E-state index contributed by atoms with van der Waals surface area (Å²) in [5.41, 5.74) is 1.62. The number of nitrogens with one attached hydrogen (secondary N) is 2. The zero-order chi connectivity index (χ0) is 18.0. The Morgan fingerprint density at radius 3 is 2.92 bits per heavy atom. The lowest BCUT2D eigenvalue weighted by Gasteiger charge is -2.27. The van der Waals surface area contributed by atoms with Gasteiger partial charge in [0.25, 0.3) is 5.91 Å². The molecule has 26 heavy (non-hydrogen) atoms. The summed E-state index contributed by atoms with van der Waals surface area (Å²) in [4.78, 5) is 18.8. The summed E-state index contributed by atoms with van der Waals surface area (Å²) in [7, 11) is 0. The molecule has 1 aliphatic rings.